The summed E-state index contributed by atoms with van der Waals surface area (Å²) in [6.07, 6.45) is 10.0. The summed E-state index contributed by atoms with van der Waals surface area (Å²) in [7, 11) is 0. The predicted octanol–water partition coefficient (Wildman–Crippen LogP) is 3.49. The minimum Gasteiger partial charge on any atom is -0.392 e. The first kappa shape index (κ1) is 15.9. The molecule has 0 aromatic rings. The molecule has 0 aliphatic heterocycles. The Morgan fingerprint density at radius 1 is 0.938 bits per heavy atom. The number of unbranched alkanes of at least 4 members (excludes halogenated alkanes) is 6. The Morgan fingerprint density at radius 3 is 2.06 bits per heavy atom. The number of aliphatic hydroxyl groups is 1. The molecule has 2 unspecified atom stereocenters. The Kier molecular flexibility index (Phi) is 11.3. The van der Waals surface area contributed by atoms with E-state index in [0.717, 1.165) is 13.0 Å². The van der Waals surface area contributed by atoms with E-state index in [0.29, 0.717) is 0 Å². The molecule has 0 aliphatic carbocycles. The molecule has 0 bridgehead atoms. The molecule has 2 nitrogen and oxygen atoms in total. The molecule has 0 aliphatic rings. The van der Waals surface area contributed by atoms with Crippen molar-refractivity contribution in [1.29, 1.82) is 0 Å². The van der Waals surface area contributed by atoms with E-state index in [9.17, 15) is 5.11 Å². The second-order valence-corrected chi connectivity index (χ2v) is 4.82. The van der Waals surface area contributed by atoms with Gasteiger partial charge in [0.25, 0.3) is 0 Å². The van der Waals surface area contributed by atoms with Crippen molar-refractivity contribution in [3.05, 3.63) is 0 Å². The zero-order chi connectivity index (χ0) is 12.2. The van der Waals surface area contributed by atoms with Crippen molar-refractivity contribution in [1.82, 2.24) is 5.32 Å². The molecule has 0 fully saturated rings. The van der Waals surface area contributed by atoms with E-state index in [1.807, 2.05) is 0 Å². The Morgan fingerprint density at radius 2 is 1.50 bits per heavy atom. The zero-order valence-electron chi connectivity index (χ0n) is 11.5. The highest BCUT2D eigenvalue weighted by Crippen LogP contribution is 2.11. The van der Waals surface area contributed by atoms with Gasteiger partial charge in [0.05, 0.1) is 6.10 Å². The average molecular weight is 229 g/mol. The van der Waals surface area contributed by atoms with Gasteiger partial charge in [0.1, 0.15) is 0 Å². The number of hydrogen-bond acceptors (Lipinski definition) is 2. The maximum Gasteiger partial charge on any atom is 0.0690 e. The number of aliphatic hydroxyl groups excluding tert-OH is 1. The standard InChI is InChI=1S/C14H31NO/c1-4-6-7-8-9-10-11-12-14(16)13(3)15-5-2/h13-16H,4-12H2,1-3H3. The summed E-state index contributed by atoms with van der Waals surface area (Å²) in [5, 5.41) is 13.1. The molecule has 16 heavy (non-hydrogen) atoms. The fourth-order valence-electron chi connectivity index (χ4n) is 2.02. The van der Waals surface area contributed by atoms with Crippen molar-refractivity contribution in [2.24, 2.45) is 0 Å². The molecule has 0 saturated heterocycles. The van der Waals surface area contributed by atoms with Crippen LogP contribution in [0.15, 0.2) is 0 Å². The van der Waals surface area contributed by atoms with Crippen LogP contribution in [0.25, 0.3) is 0 Å². The van der Waals surface area contributed by atoms with Crippen molar-refractivity contribution in [3.63, 3.8) is 0 Å². The summed E-state index contributed by atoms with van der Waals surface area (Å²) in [6.45, 7) is 7.33. The van der Waals surface area contributed by atoms with Crippen molar-refractivity contribution < 1.29 is 5.11 Å². The lowest BCUT2D eigenvalue weighted by atomic mass is 10.0. The lowest BCUT2D eigenvalue weighted by molar-refractivity contribution is 0.123. The third-order valence-electron chi connectivity index (χ3n) is 3.21. The Labute approximate surface area is 102 Å². The van der Waals surface area contributed by atoms with Gasteiger partial charge in [-0.2, -0.15) is 0 Å². The van der Waals surface area contributed by atoms with Gasteiger partial charge in [-0.05, 0) is 19.9 Å². The van der Waals surface area contributed by atoms with Crippen LogP contribution in [-0.4, -0.2) is 23.8 Å². The fourth-order valence-corrected chi connectivity index (χ4v) is 2.02. The van der Waals surface area contributed by atoms with E-state index in [4.69, 9.17) is 0 Å². The zero-order valence-corrected chi connectivity index (χ0v) is 11.5. The number of hydrogen-bond donors (Lipinski definition) is 2. The molecule has 0 radical (unpaired) electrons. The van der Waals surface area contributed by atoms with Gasteiger partial charge in [0.2, 0.25) is 0 Å². The minimum absolute atomic E-state index is 0.171. The SMILES string of the molecule is CCCCCCCCCC(O)C(C)NCC. The molecular weight excluding hydrogens is 198 g/mol. The maximum atomic E-state index is 9.83. The van der Waals surface area contributed by atoms with Gasteiger partial charge >= 0.3 is 0 Å². The molecule has 0 spiro atoms. The van der Waals surface area contributed by atoms with Crippen LogP contribution in [-0.2, 0) is 0 Å². The first-order valence-electron chi connectivity index (χ1n) is 7.13. The van der Waals surface area contributed by atoms with Gasteiger partial charge in [0, 0.05) is 6.04 Å². The Hall–Kier alpha value is -0.0800. The Bertz CT molecular complexity index is 139. The molecule has 98 valence electrons. The van der Waals surface area contributed by atoms with Crippen molar-refractivity contribution in [2.45, 2.75) is 84.3 Å². The van der Waals surface area contributed by atoms with Crippen molar-refractivity contribution in [3.8, 4) is 0 Å². The van der Waals surface area contributed by atoms with Crippen LogP contribution in [0, 0.1) is 0 Å². The van der Waals surface area contributed by atoms with Gasteiger partial charge in [0.15, 0.2) is 0 Å². The molecule has 0 rings (SSSR count). The lowest BCUT2D eigenvalue weighted by Crippen LogP contribution is -2.37. The van der Waals surface area contributed by atoms with Gasteiger partial charge in [-0.15, -0.1) is 0 Å². The maximum absolute atomic E-state index is 9.83. The second-order valence-electron chi connectivity index (χ2n) is 4.82. The summed E-state index contributed by atoms with van der Waals surface area (Å²) in [4.78, 5) is 0. The quantitative estimate of drug-likeness (QED) is 0.532. The highest BCUT2D eigenvalue weighted by Gasteiger charge is 2.11. The molecule has 0 aromatic carbocycles. The predicted molar refractivity (Wildman–Crippen MR) is 71.8 cm³/mol. The van der Waals surface area contributed by atoms with Crippen LogP contribution in [0.4, 0.5) is 0 Å². The topological polar surface area (TPSA) is 32.3 Å². The van der Waals surface area contributed by atoms with E-state index in [2.05, 4.69) is 26.1 Å². The van der Waals surface area contributed by atoms with Crippen LogP contribution >= 0.6 is 0 Å². The summed E-state index contributed by atoms with van der Waals surface area (Å²) in [5.41, 5.74) is 0. The number of nitrogens with one attached hydrogen (secondary N) is 1. The normalized spacial score (nSPS) is 15.0. The molecule has 0 aromatic heterocycles. The number of rotatable bonds is 11. The van der Waals surface area contributed by atoms with E-state index in [1.54, 1.807) is 0 Å². The Balaban J connectivity index is 3.23. The third-order valence-corrected chi connectivity index (χ3v) is 3.21. The van der Waals surface area contributed by atoms with Crippen LogP contribution in [0.1, 0.15) is 72.1 Å². The summed E-state index contributed by atoms with van der Waals surface area (Å²) in [5.74, 6) is 0. The van der Waals surface area contributed by atoms with Crippen LogP contribution in [0.3, 0.4) is 0 Å². The van der Waals surface area contributed by atoms with Crippen LogP contribution in [0.5, 0.6) is 0 Å². The molecule has 2 N–H and O–H groups in total. The molecular formula is C14H31NO. The van der Waals surface area contributed by atoms with Gasteiger partial charge in [-0.1, -0.05) is 58.8 Å². The molecule has 0 amide bonds. The summed E-state index contributed by atoms with van der Waals surface area (Å²) < 4.78 is 0. The molecule has 0 heterocycles. The van der Waals surface area contributed by atoms with Crippen LogP contribution in [0.2, 0.25) is 0 Å². The van der Waals surface area contributed by atoms with E-state index in [1.165, 1.54) is 44.9 Å². The highest BCUT2D eigenvalue weighted by molar-refractivity contribution is 4.69. The van der Waals surface area contributed by atoms with Gasteiger partial charge < -0.3 is 10.4 Å². The van der Waals surface area contributed by atoms with E-state index in [-0.39, 0.29) is 12.1 Å². The fraction of sp³-hybridized carbons (Fsp3) is 1.00. The first-order chi connectivity index (χ1) is 7.72. The smallest absolute Gasteiger partial charge is 0.0690 e. The van der Waals surface area contributed by atoms with Crippen molar-refractivity contribution in [2.75, 3.05) is 6.54 Å². The minimum atomic E-state index is -0.171. The average Bonchev–Trinajstić information content (AvgIpc) is 2.28. The molecule has 0 saturated carbocycles. The molecule has 2 atom stereocenters. The summed E-state index contributed by atoms with van der Waals surface area (Å²) >= 11 is 0. The second kappa shape index (κ2) is 11.4. The highest BCUT2D eigenvalue weighted by atomic mass is 16.3. The van der Waals surface area contributed by atoms with E-state index >= 15 is 0 Å². The van der Waals surface area contributed by atoms with E-state index < -0.39 is 0 Å². The first-order valence-corrected chi connectivity index (χ1v) is 7.13. The van der Waals surface area contributed by atoms with Gasteiger partial charge in [-0.3, -0.25) is 0 Å². The van der Waals surface area contributed by atoms with Crippen molar-refractivity contribution >= 4 is 0 Å². The number of likely N-dealkylation sites (N-methyl/N-ethyl adjacent to an activating group) is 1. The summed E-state index contributed by atoms with van der Waals surface area (Å²) in [6, 6.07) is 0.241. The lowest BCUT2D eigenvalue weighted by Gasteiger charge is -2.19. The largest absolute Gasteiger partial charge is 0.392 e. The van der Waals surface area contributed by atoms with Crippen LogP contribution < -0.4 is 5.32 Å². The monoisotopic (exact) mass is 229 g/mol. The third kappa shape index (κ3) is 9.17. The van der Waals surface area contributed by atoms with Gasteiger partial charge in [-0.25, -0.2) is 0 Å². The molecule has 2 heteroatoms.